The maximum Gasteiger partial charge on any atom is 0.204 e. The minimum Gasteiger partial charge on any atom is -0.454 e. The molecule has 126 valence electrons. The van der Waals surface area contributed by atoms with Crippen molar-refractivity contribution in [2.75, 3.05) is 4.90 Å². The topological polar surface area (TPSA) is 41.1 Å². The van der Waals surface area contributed by atoms with Crippen LogP contribution in [0.15, 0.2) is 87.2 Å². The van der Waals surface area contributed by atoms with E-state index in [4.69, 9.17) is 16.0 Å². The summed E-state index contributed by atoms with van der Waals surface area (Å²) in [6.45, 7) is 0. The molecule has 4 aromatic rings. The summed E-state index contributed by atoms with van der Waals surface area (Å²) in [6.07, 6.45) is 1.51. The summed E-state index contributed by atoms with van der Waals surface area (Å²) in [5, 5.41) is 2.12. The van der Waals surface area contributed by atoms with Gasteiger partial charge in [0.15, 0.2) is 5.58 Å². The van der Waals surface area contributed by atoms with Gasteiger partial charge in [0.1, 0.15) is 17.8 Å². The Kier molecular flexibility index (Phi) is 3.50. The fourth-order valence-electron chi connectivity index (χ4n) is 3.32. The molecule has 26 heavy (non-hydrogen) atoms. The molecule has 0 saturated heterocycles. The van der Waals surface area contributed by atoms with Crippen molar-refractivity contribution in [2.45, 2.75) is 5.62 Å². The van der Waals surface area contributed by atoms with Gasteiger partial charge in [-0.15, -0.1) is 0 Å². The number of hydrogen-bond donors (Lipinski definition) is 0. The third-order valence-corrected chi connectivity index (χ3v) is 4.79. The lowest BCUT2D eigenvalue weighted by molar-refractivity contribution is 0.667. The molecule has 5 rings (SSSR count). The number of hydrogen-bond acceptors (Lipinski definition) is 4. The molecule has 0 bridgehead atoms. The highest BCUT2D eigenvalue weighted by Gasteiger charge is 2.27. The molecule has 0 aliphatic carbocycles. The summed E-state index contributed by atoms with van der Waals surface area (Å²) in [5.41, 5.74) is 2.84. The maximum atomic E-state index is 6.57. The molecule has 0 spiro atoms. The minimum atomic E-state index is -0.596. The van der Waals surface area contributed by atoms with E-state index in [2.05, 4.69) is 22.1 Å². The van der Waals surface area contributed by atoms with Crippen LogP contribution < -0.4 is 4.90 Å². The number of alkyl halides is 1. The van der Waals surface area contributed by atoms with Gasteiger partial charge >= 0.3 is 0 Å². The van der Waals surface area contributed by atoms with Crippen molar-refractivity contribution < 1.29 is 4.42 Å². The Labute approximate surface area is 155 Å². The monoisotopic (exact) mass is 359 g/mol. The third kappa shape index (κ3) is 2.30. The van der Waals surface area contributed by atoms with Gasteiger partial charge in [-0.2, -0.15) is 0 Å². The van der Waals surface area contributed by atoms with Crippen LogP contribution in [0.3, 0.4) is 0 Å². The molecule has 3 aromatic carbocycles. The average molecular weight is 360 g/mol. The Morgan fingerprint density at radius 1 is 0.846 bits per heavy atom. The number of fused-ring (bicyclic) bond motifs is 3. The van der Waals surface area contributed by atoms with E-state index >= 15 is 0 Å². The summed E-state index contributed by atoms with van der Waals surface area (Å²) >= 11 is 6.57. The normalized spacial score (nSPS) is 17.0. The Morgan fingerprint density at radius 2 is 1.62 bits per heavy atom. The van der Waals surface area contributed by atoms with Crippen LogP contribution in [0.2, 0.25) is 0 Å². The zero-order valence-corrected chi connectivity index (χ0v) is 14.5. The van der Waals surface area contributed by atoms with Gasteiger partial charge in [0.2, 0.25) is 5.62 Å². The lowest BCUT2D eigenvalue weighted by atomic mass is 10.1. The molecule has 0 fully saturated rings. The molecule has 1 aromatic heterocycles. The van der Waals surface area contributed by atoms with Gasteiger partial charge in [-0.05, 0) is 12.1 Å². The SMILES string of the molecule is ClC1N=CN=C(c2ccccc2)N1c1cccc2c1oc1ccccc12. The van der Waals surface area contributed by atoms with E-state index in [9.17, 15) is 0 Å². The van der Waals surface area contributed by atoms with Crippen LogP contribution in [0.25, 0.3) is 21.9 Å². The maximum absolute atomic E-state index is 6.57. The molecule has 2 heterocycles. The molecule has 0 saturated carbocycles. The van der Waals surface area contributed by atoms with Crippen molar-refractivity contribution >= 4 is 51.4 Å². The lowest BCUT2D eigenvalue weighted by Crippen LogP contribution is -2.39. The van der Waals surface area contributed by atoms with E-state index in [0.29, 0.717) is 0 Å². The lowest BCUT2D eigenvalue weighted by Gasteiger charge is -2.30. The number of nitrogens with zero attached hydrogens (tertiary/aromatic N) is 3. The first kappa shape index (κ1) is 15.2. The smallest absolute Gasteiger partial charge is 0.204 e. The number of amidine groups is 1. The number of benzene rings is 3. The van der Waals surface area contributed by atoms with Gasteiger partial charge < -0.3 is 4.42 Å². The van der Waals surface area contributed by atoms with Crippen LogP contribution in [0.5, 0.6) is 0 Å². The summed E-state index contributed by atoms with van der Waals surface area (Å²) in [6, 6.07) is 24.0. The Morgan fingerprint density at radius 3 is 2.50 bits per heavy atom. The fraction of sp³-hybridized carbons (Fsp3) is 0.0476. The predicted octanol–water partition coefficient (Wildman–Crippen LogP) is 5.40. The van der Waals surface area contributed by atoms with Gasteiger partial charge in [-0.1, -0.05) is 72.3 Å². The van der Waals surface area contributed by atoms with Crippen molar-refractivity contribution in [1.29, 1.82) is 0 Å². The zero-order valence-electron chi connectivity index (χ0n) is 13.7. The number of anilines is 1. The molecule has 1 aliphatic rings. The number of para-hydroxylation sites is 2. The molecule has 1 atom stereocenters. The summed E-state index contributed by atoms with van der Waals surface area (Å²) in [4.78, 5) is 10.7. The van der Waals surface area contributed by atoms with Crippen molar-refractivity contribution in [1.82, 2.24) is 0 Å². The largest absolute Gasteiger partial charge is 0.454 e. The number of furan rings is 1. The molecular weight excluding hydrogens is 346 g/mol. The van der Waals surface area contributed by atoms with Crippen LogP contribution in [-0.2, 0) is 0 Å². The van der Waals surface area contributed by atoms with Gasteiger partial charge in [-0.3, -0.25) is 4.90 Å². The standard InChI is InChI=1S/C21H14ClN3O/c22-21-24-13-23-20(14-7-2-1-3-8-14)25(21)17-11-6-10-16-15-9-4-5-12-18(15)26-19(16)17/h1-13,21H. The summed E-state index contributed by atoms with van der Waals surface area (Å²) in [5.74, 6) is 0.744. The molecule has 5 heteroatoms. The van der Waals surface area contributed by atoms with Gasteiger partial charge in [0.25, 0.3) is 0 Å². The molecule has 0 radical (unpaired) electrons. The molecule has 0 N–H and O–H groups in total. The summed E-state index contributed by atoms with van der Waals surface area (Å²) < 4.78 is 6.16. The molecular formula is C21H14ClN3O. The third-order valence-electron chi connectivity index (χ3n) is 4.49. The van der Waals surface area contributed by atoms with E-state index < -0.39 is 5.62 Å². The van der Waals surface area contributed by atoms with Crippen LogP contribution in [0.4, 0.5) is 5.69 Å². The van der Waals surface area contributed by atoms with E-state index in [0.717, 1.165) is 39.0 Å². The first-order chi connectivity index (χ1) is 12.8. The van der Waals surface area contributed by atoms with E-state index in [1.165, 1.54) is 6.34 Å². The van der Waals surface area contributed by atoms with Gasteiger partial charge in [0.05, 0.1) is 5.69 Å². The second-order valence-electron chi connectivity index (χ2n) is 6.02. The van der Waals surface area contributed by atoms with E-state index in [1.54, 1.807) is 0 Å². The highest BCUT2D eigenvalue weighted by atomic mass is 35.5. The van der Waals surface area contributed by atoms with Crippen molar-refractivity contribution in [3.63, 3.8) is 0 Å². The van der Waals surface area contributed by atoms with E-state index in [-0.39, 0.29) is 0 Å². The molecule has 0 amide bonds. The quantitative estimate of drug-likeness (QED) is 0.355. The highest BCUT2D eigenvalue weighted by molar-refractivity contribution is 6.29. The number of rotatable bonds is 2. The molecule has 1 aliphatic heterocycles. The Hall–Kier alpha value is -3.11. The van der Waals surface area contributed by atoms with Crippen molar-refractivity contribution in [3.05, 3.63) is 78.4 Å². The second-order valence-corrected chi connectivity index (χ2v) is 6.41. The van der Waals surface area contributed by atoms with E-state index in [1.807, 2.05) is 65.6 Å². The molecule has 1 unspecified atom stereocenters. The van der Waals surface area contributed by atoms with Crippen LogP contribution >= 0.6 is 11.6 Å². The first-order valence-corrected chi connectivity index (χ1v) is 8.75. The van der Waals surface area contributed by atoms with Crippen molar-refractivity contribution in [2.24, 2.45) is 9.98 Å². The highest BCUT2D eigenvalue weighted by Crippen LogP contribution is 2.37. The number of halogens is 1. The predicted molar refractivity (Wildman–Crippen MR) is 107 cm³/mol. The minimum absolute atomic E-state index is 0.596. The fourth-order valence-corrected chi connectivity index (χ4v) is 3.57. The Bertz CT molecular complexity index is 1160. The first-order valence-electron chi connectivity index (χ1n) is 8.31. The Balaban J connectivity index is 1.75. The summed E-state index contributed by atoms with van der Waals surface area (Å²) in [7, 11) is 0. The molecule has 4 nitrogen and oxygen atoms in total. The second kappa shape index (κ2) is 6.00. The zero-order chi connectivity index (χ0) is 17.5. The average Bonchev–Trinajstić information content (AvgIpc) is 3.07. The van der Waals surface area contributed by atoms with Crippen LogP contribution in [0.1, 0.15) is 5.56 Å². The van der Waals surface area contributed by atoms with Crippen LogP contribution in [-0.4, -0.2) is 17.8 Å². The number of aliphatic imine (C=N–C) groups is 2. The van der Waals surface area contributed by atoms with Crippen molar-refractivity contribution in [3.8, 4) is 0 Å². The van der Waals surface area contributed by atoms with Gasteiger partial charge in [0, 0.05) is 16.3 Å². The van der Waals surface area contributed by atoms with Crippen LogP contribution in [0, 0.1) is 0 Å². The van der Waals surface area contributed by atoms with Gasteiger partial charge in [-0.25, -0.2) is 9.98 Å².